The zero-order chi connectivity index (χ0) is 18.9. The Kier molecular flexibility index (Phi) is 8.10. The number of benzene rings is 1. The van der Waals surface area contributed by atoms with Gasteiger partial charge in [-0.05, 0) is 45.4 Å². The third-order valence-electron chi connectivity index (χ3n) is 4.87. The molecule has 0 bridgehead atoms. The number of anilines is 1. The van der Waals surface area contributed by atoms with Gasteiger partial charge in [0.15, 0.2) is 0 Å². The van der Waals surface area contributed by atoms with Crippen LogP contribution in [-0.4, -0.2) is 48.4 Å². The molecule has 26 heavy (non-hydrogen) atoms. The van der Waals surface area contributed by atoms with Gasteiger partial charge in [0.05, 0.1) is 13.1 Å². The number of nitrogens with one attached hydrogen (secondary N) is 1. The minimum atomic E-state index is -0.0291. The van der Waals surface area contributed by atoms with Crippen molar-refractivity contribution in [3.05, 3.63) is 30.3 Å². The summed E-state index contributed by atoms with van der Waals surface area (Å²) in [5.41, 5.74) is 0.965. The summed E-state index contributed by atoms with van der Waals surface area (Å²) in [6.07, 6.45) is 5.72. The van der Waals surface area contributed by atoms with Crippen molar-refractivity contribution in [2.45, 2.75) is 65.0 Å². The molecule has 0 heterocycles. The van der Waals surface area contributed by atoms with E-state index in [1.54, 1.807) is 0 Å². The van der Waals surface area contributed by atoms with Gasteiger partial charge in [0.1, 0.15) is 0 Å². The van der Waals surface area contributed by atoms with E-state index in [0.717, 1.165) is 18.5 Å². The highest BCUT2D eigenvalue weighted by molar-refractivity contribution is 5.95. The van der Waals surface area contributed by atoms with Crippen molar-refractivity contribution in [2.75, 3.05) is 24.5 Å². The normalized spacial score (nSPS) is 15.3. The first-order valence-electron chi connectivity index (χ1n) is 9.90. The average Bonchev–Trinajstić information content (AvgIpc) is 2.62. The quantitative estimate of drug-likeness (QED) is 0.775. The topological polar surface area (TPSA) is 52.7 Å². The molecule has 1 saturated carbocycles. The molecule has 2 amide bonds. The fourth-order valence-electron chi connectivity index (χ4n) is 3.60. The van der Waals surface area contributed by atoms with Gasteiger partial charge in [-0.1, -0.05) is 44.4 Å². The third-order valence-corrected chi connectivity index (χ3v) is 4.87. The van der Waals surface area contributed by atoms with E-state index in [1.165, 1.54) is 19.3 Å². The fraction of sp³-hybridized carbons (Fsp3) is 0.619. The van der Waals surface area contributed by atoms with Crippen LogP contribution in [0, 0.1) is 0 Å². The third kappa shape index (κ3) is 6.13. The van der Waals surface area contributed by atoms with Crippen LogP contribution in [0.4, 0.5) is 5.69 Å². The first-order valence-corrected chi connectivity index (χ1v) is 9.90. The maximum Gasteiger partial charge on any atom is 0.241 e. The largest absolute Gasteiger partial charge is 0.353 e. The molecule has 0 saturated heterocycles. The van der Waals surface area contributed by atoms with Gasteiger partial charge >= 0.3 is 0 Å². The van der Waals surface area contributed by atoms with Crippen LogP contribution < -0.4 is 10.2 Å². The first-order chi connectivity index (χ1) is 12.5. The number of amides is 2. The highest BCUT2D eigenvalue weighted by Crippen LogP contribution is 2.27. The molecule has 1 aromatic carbocycles. The van der Waals surface area contributed by atoms with Gasteiger partial charge in [0, 0.05) is 17.8 Å². The van der Waals surface area contributed by atoms with Gasteiger partial charge in [0.25, 0.3) is 0 Å². The SMILES string of the molecule is CCN(CC(=O)NC(C)C)CC(=O)N(c1ccccc1)C1CCCCC1. The van der Waals surface area contributed by atoms with Crippen molar-refractivity contribution < 1.29 is 9.59 Å². The van der Waals surface area contributed by atoms with Gasteiger partial charge in [-0.15, -0.1) is 0 Å². The predicted octanol–water partition coefficient (Wildman–Crippen LogP) is 3.20. The van der Waals surface area contributed by atoms with Crippen molar-refractivity contribution in [1.82, 2.24) is 10.2 Å². The van der Waals surface area contributed by atoms with Crippen LogP contribution in [-0.2, 0) is 9.59 Å². The molecule has 1 aliphatic carbocycles. The smallest absolute Gasteiger partial charge is 0.241 e. The molecule has 0 radical (unpaired) electrons. The minimum absolute atomic E-state index is 0.0291. The molecule has 2 rings (SSSR count). The molecule has 144 valence electrons. The molecule has 0 unspecified atom stereocenters. The van der Waals surface area contributed by atoms with Crippen LogP contribution in [0.5, 0.6) is 0 Å². The lowest BCUT2D eigenvalue weighted by molar-refractivity contribution is -0.124. The highest BCUT2D eigenvalue weighted by atomic mass is 16.2. The minimum Gasteiger partial charge on any atom is -0.353 e. The molecule has 1 aliphatic rings. The molecule has 0 atom stereocenters. The van der Waals surface area contributed by atoms with Crippen LogP contribution in [0.25, 0.3) is 0 Å². The Morgan fingerprint density at radius 2 is 1.73 bits per heavy atom. The molecule has 1 aromatic rings. The predicted molar refractivity (Wildman–Crippen MR) is 106 cm³/mol. The van der Waals surface area contributed by atoms with E-state index < -0.39 is 0 Å². The first kappa shape index (κ1) is 20.4. The summed E-state index contributed by atoms with van der Waals surface area (Å²) >= 11 is 0. The van der Waals surface area contributed by atoms with Gasteiger partial charge in [-0.3, -0.25) is 14.5 Å². The number of para-hydroxylation sites is 1. The van der Waals surface area contributed by atoms with E-state index in [9.17, 15) is 9.59 Å². The lowest BCUT2D eigenvalue weighted by atomic mass is 9.93. The van der Waals surface area contributed by atoms with Crippen LogP contribution in [0.3, 0.4) is 0 Å². The second-order valence-electron chi connectivity index (χ2n) is 7.42. The Bertz CT molecular complexity index is 568. The highest BCUT2D eigenvalue weighted by Gasteiger charge is 2.28. The second kappa shape index (κ2) is 10.3. The fourth-order valence-corrected chi connectivity index (χ4v) is 3.60. The molecule has 1 fully saturated rings. The van der Waals surface area contributed by atoms with Crippen molar-refractivity contribution in [1.29, 1.82) is 0 Å². The summed E-state index contributed by atoms with van der Waals surface area (Å²) in [7, 11) is 0. The van der Waals surface area contributed by atoms with Crippen molar-refractivity contribution in [3.63, 3.8) is 0 Å². The number of hydrogen-bond acceptors (Lipinski definition) is 3. The maximum absolute atomic E-state index is 13.2. The molecule has 0 aliphatic heterocycles. The van der Waals surface area contributed by atoms with Gasteiger partial charge in [-0.25, -0.2) is 0 Å². The standard InChI is InChI=1S/C21H33N3O2/c1-4-23(15-20(25)22-17(2)3)16-21(26)24(18-11-7-5-8-12-18)19-13-9-6-10-14-19/h5,7-8,11-12,17,19H,4,6,9-10,13-16H2,1-3H3,(H,22,25). The van der Waals surface area contributed by atoms with Crippen LogP contribution in [0.15, 0.2) is 30.3 Å². The van der Waals surface area contributed by atoms with E-state index in [2.05, 4.69) is 5.32 Å². The lowest BCUT2D eigenvalue weighted by Crippen LogP contribution is -2.49. The zero-order valence-corrected chi connectivity index (χ0v) is 16.4. The zero-order valence-electron chi connectivity index (χ0n) is 16.4. The average molecular weight is 360 g/mol. The Labute approximate surface area is 157 Å². The molecular formula is C21H33N3O2. The summed E-state index contributed by atoms with van der Waals surface area (Å²) < 4.78 is 0. The number of nitrogens with zero attached hydrogens (tertiary/aromatic N) is 2. The van der Waals surface area contributed by atoms with Gasteiger partial charge in [0.2, 0.25) is 11.8 Å². The lowest BCUT2D eigenvalue weighted by Gasteiger charge is -2.35. The van der Waals surface area contributed by atoms with Crippen LogP contribution >= 0.6 is 0 Å². The molecule has 0 spiro atoms. The summed E-state index contributed by atoms with van der Waals surface area (Å²) in [5.74, 6) is 0.0564. The number of rotatable bonds is 8. The Balaban J connectivity index is 2.08. The molecule has 5 nitrogen and oxygen atoms in total. The second-order valence-corrected chi connectivity index (χ2v) is 7.42. The van der Waals surface area contributed by atoms with Crippen LogP contribution in [0.2, 0.25) is 0 Å². The molecular weight excluding hydrogens is 326 g/mol. The maximum atomic E-state index is 13.2. The Morgan fingerprint density at radius 3 is 2.31 bits per heavy atom. The van der Waals surface area contributed by atoms with Gasteiger partial charge in [-0.2, -0.15) is 0 Å². The molecule has 0 aromatic heterocycles. The van der Waals surface area contributed by atoms with Crippen molar-refractivity contribution in [3.8, 4) is 0 Å². The molecule has 1 N–H and O–H groups in total. The van der Waals surface area contributed by atoms with Gasteiger partial charge < -0.3 is 10.2 Å². The molecule has 5 heteroatoms. The van der Waals surface area contributed by atoms with E-state index >= 15 is 0 Å². The van der Waals surface area contributed by atoms with E-state index in [1.807, 2.05) is 60.9 Å². The monoisotopic (exact) mass is 359 g/mol. The Morgan fingerprint density at radius 1 is 1.08 bits per heavy atom. The Hall–Kier alpha value is -1.88. The van der Waals surface area contributed by atoms with E-state index in [0.29, 0.717) is 6.54 Å². The summed E-state index contributed by atoms with van der Waals surface area (Å²) in [6.45, 7) is 7.08. The summed E-state index contributed by atoms with van der Waals surface area (Å²) in [4.78, 5) is 29.1. The number of hydrogen-bond donors (Lipinski definition) is 1. The number of likely N-dealkylation sites (N-methyl/N-ethyl adjacent to an activating group) is 1. The summed E-state index contributed by atoms with van der Waals surface area (Å²) in [5, 5.41) is 2.90. The summed E-state index contributed by atoms with van der Waals surface area (Å²) in [6, 6.07) is 10.3. The van der Waals surface area contributed by atoms with Crippen molar-refractivity contribution in [2.24, 2.45) is 0 Å². The van der Waals surface area contributed by atoms with E-state index in [4.69, 9.17) is 0 Å². The van der Waals surface area contributed by atoms with Crippen molar-refractivity contribution >= 4 is 17.5 Å². The number of carbonyl (C=O) groups excluding carboxylic acids is 2. The van der Waals surface area contributed by atoms with E-state index in [-0.39, 0.29) is 37.0 Å². The number of carbonyl (C=O) groups is 2. The van der Waals surface area contributed by atoms with Crippen LogP contribution in [0.1, 0.15) is 52.9 Å².